The molecule has 1 aromatic carbocycles. The molecule has 4 rings (SSSR count). The van der Waals surface area contributed by atoms with Gasteiger partial charge in [-0.25, -0.2) is 0 Å². The highest BCUT2D eigenvalue weighted by molar-refractivity contribution is 9.10. The Labute approximate surface area is 144 Å². The van der Waals surface area contributed by atoms with Gasteiger partial charge in [0.05, 0.1) is 17.4 Å². The van der Waals surface area contributed by atoms with Crippen molar-refractivity contribution in [3.8, 4) is 0 Å². The van der Waals surface area contributed by atoms with Crippen LogP contribution in [0.25, 0.3) is 10.8 Å². The molecule has 0 radical (unpaired) electrons. The van der Waals surface area contributed by atoms with Gasteiger partial charge in [0.25, 0.3) is 0 Å². The van der Waals surface area contributed by atoms with Gasteiger partial charge in [0.15, 0.2) is 0 Å². The highest BCUT2D eigenvalue weighted by atomic mass is 79.9. The molecule has 0 amide bonds. The molecule has 1 unspecified atom stereocenters. The maximum Gasteiger partial charge on any atom is 0.0620 e. The van der Waals surface area contributed by atoms with Crippen LogP contribution in [0.1, 0.15) is 35.8 Å². The van der Waals surface area contributed by atoms with Crippen LogP contribution in [0, 0.1) is 0 Å². The quantitative estimate of drug-likeness (QED) is 0.737. The molecule has 2 heterocycles. The SMILES string of the molecule is Brc1cnc(CNC2CCCc3cccnc32)c2ccccc12. The summed E-state index contributed by atoms with van der Waals surface area (Å²) in [5, 5.41) is 6.08. The molecule has 0 saturated heterocycles. The number of aromatic nitrogens is 2. The minimum Gasteiger partial charge on any atom is -0.303 e. The van der Waals surface area contributed by atoms with E-state index < -0.39 is 0 Å². The van der Waals surface area contributed by atoms with Gasteiger partial charge in [-0.1, -0.05) is 30.3 Å². The van der Waals surface area contributed by atoms with Gasteiger partial charge in [0.2, 0.25) is 0 Å². The highest BCUT2D eigenvalue weighted by Crippen LogP contribution is 2.29. The van der Waals surface area contributed by atoms with E-state index in [4.69, 9.17) is 0 Å². The van der Waals surface area contributed by atoms with E-state index in [9.17, 15) is 0 Å². The van der Waals surface area contributed by atoms with Crippen LogP contribution >= 0.6 is 15.9 Å². The normalized spacial score (nSPS) is 17.2. The van der Waals surface area contributed by atoms with Crippen LogP contribution in [0.4, 0.5) is 0 Å². The first-order chi connectivity index (χ1) is 11.3. The topological polar surface area (TPSA) is 37.8 Å². The number of pyridine rings is 2. The molecule has 0 saturated carbocycles. The van der Waals surface area contributed by atoms with E-state index in [1.165, 1.54) is 28.5 Å². The Morgan fingerprint density at radius 1 is 1.09 bits per heavy atom. The summed E-state index contributed by atoms with van der Waals surface area (Å²) in [7, 11) is 0. The number of nitrogens with zero attached hydrogens (tertiary/aromatic N) is 2. The van der Waals surface area contributed by atoms with E-state index in [-0.39, 0.29) is 0 Å². The monoisotopic (exact) mass is 367 g/mol. The average Bonchev–Trinajstić information content (AvgIpc) is 2.61. The third-order valence-corrected chi connectivity index (χ3v) is 5.17. The molecule has 0 spiro atoms. The largest absolute Gasteiger partial charge is 0.303 e. The van der Waals surface area contributed by atoms with E-state index in [0.29, 0.717) is 6.04 Å². The molecule has 116 valence electrons. The van der Waals surface area contributed by atoms with Crippen LogP contribution in [0.15, 0.2) is 53.3 Å². The van der Waals surface area contributed by atoms with Gasteiger partial charge >= 0.3 is 0 Å². The summed E-state index contributed by atoms with van der Waals surface area (Å²) in [5.41, 5.74) is 3.68. The third-order valence-electron chi connectivity index (χ3n) is 4.54. The number of hydrogen-bond donors (Lipinski definition) is 1. The van der Waals surface area contributed by atoms with Crippen molar-refractivity contribution in [1.29, 1.82) is 0 Å². The smallest absolute Gasteiger partial charge is 0.0620 e. The van der Waals surface area contributed by atoms with Crippen molar-refractivity contribution in [2.24, 2.45) is 0 Å². The molecule has 23 heavy (non-hydrogen) atoms. The lowest BCUT2D eigenvalue weighted by Crippen LogP contribution is -2.26. The van der Waals surface area contributed by atoms with Gasteiger partial charge in [-0.2, -0.15) is 0 Å². The molecule has 1 atom stereocenters. The molecule has 3 aromatic rings. The molecule has 1 aliphatic rings. The summed E-state index contributed by atoms with van der Waals surface area (Å²) in [6.45, 7) is 0.758. The predicted octanol–water partition coefficient (Wildman–Crippen LogP) is 4.56. The predicted molar refractivity (Wildman–Crippen MR) is 96.2 cm³/mol. The third kappa shape index (κ3) is 2.89. The van der Waals surface area contributed by atoms with E-state index in [1.54, 1.807) is 0 Å². The van der Waals surface area contributed by atoms with Crippen LogP contribution in [-0.4, -0.2) is 9.97 Å². The summed E-state index contributed by atoms with van der Waals surface area (Å²) < 4.78 is 1.04. The number of rotatable bonds is 3. The molecule has 0 fully saturated rings. The lowest BCUT2D eigenvalue weighted by molar-refractivity contribution is 0.446. The first kappa shape index (κ1) is 14.8. The van der Waals surface area contributed by atoms with Gasteiger partial charge in [-0.3, -0.25) is 9.97 Å². The Kier molecular flexibility index (Phi) is 4.10. The Hall–Kier alpha value is -1.78. The van der Waals surface area contributed by atoms with Crippen LogP contribution in [-0.2, 0) is 13.0 Å². The zero-order valence-corrected chi connectivity index (χ0v) is 14.4. The van der Waals surface area contributed by atoms with Crippen molar-refractivity contribution >= 4 is 26.7 Å². The van der Waals surface area contributed by atoms with Gasteiger partial charge in [0, 0.05) is 28.8 Å². The summed E-state index contributed by atoms with van der Waals surface area (Å²) in [6.07, 6.45) is 7.28. The van der Waals surface area contributed by atoms with Crippen molar-refractivity contribution in [3.05, 3.63) is 70.2 Å². The maximum absolute atomic E-state index is 4.62. The Bertz CT molecular complexity index is 847. The zero-order chi connectivity index (χ0) is 15.6. The van der Waals surface area contributed by atoms with E-state index in [2.05, 4.69) is 61.5 Å². The molecule has 1 N–H and O–H groups in total. The van der Waals surface area contributed by atoms with E-state index >= 15 is 0 Å². The van der Waals surface area contributed by atoms with Crippen molar-refractivity contribution in [2.75, 3.05) is 0 Å². The van der Waals surface area contributed by atoms with Crippen molar-refractivity contribution < 1.29 is 0 Å². The van der Waals surface area contributed by atoms with Crippen molar-refractivity contribution in [1.82, 2.24) is 15.3 Å². The lowest BCUT2D eigenvalue weighted by atomic mass is 9.92. The van der Waals surface area contributed by atoms with Crippen molar-refractivity contribution in [2.45, 2.75) is 31.8 Å². The Balaban J connectivity index is 1.60. The summed E-state index contributed by atoms with van der Waals surface area (Å²) >= 11 is 3.59. The second kappa shape index (κ2) is 6.38. The minimum atomic E-state index is 0.323. The lowest BCUT2D eigenvalue weighted by Gasteiger charge is -2.25. The zero-order valence-electron chi connectivity index (χ0n) is 12.8. The maximum atomic E-state index is 4.62. The van der Waals surface area contributed by atoms with Crippen LogP contribution in [0.5, 0.6) is 0 Å². The fourth-order valence-electron chi connectivity index (χ4n) is 3.39. The summed E-state index contributed by atoms with van der Waals surface area (Å²) in [6, 6.07) is 12.9. The minimum absolute atomic E-state index is 0.323. The molecule has 0 bridgehead atoms. The molecular weight excluding hydrogens is 350 g/mol. The van der Waals surface area contributed by atoms with E-state index in [0.717, 1.165) is 29.6 Å². The molecule has 1 aliphatic carbocycles. The first-order valence-corrected chi connectivity index (χ1v) is 8.81. The first-order valence-electron chi connectivity index (χ1n) is 8.02. The molecule has 2 aromatic heterocycles. The van der Waals surface area contributed by atoms with Crippen molar-refractivity contribution in [3.63, 3.8) is 0 Å². The average molecular weight is 368 g/mol. The summed E-state index contributed by atoms with van der Waals surface area (Å²) in [4.78, 5) is 9.22. The number of hydrogen-bond acceptors (Lipinski definition) is 3. The number of benzene rings is 1. The van der Waals surface area contributed by atoms with E-state index in [1.807, 2.05) is 18.5 Å². The Morgan fingerprint density at radius 2 is 1.96 bits per heavy atom. The van der Waals surface area contributed by atoms with Crippen LogP contribution in [0.3, 0.4) is 0 Å². The molecular formula is C19H18BrN3. The van der Waals surface area contributed by atoms with Gasteiger partial charge in [0.1, 0.15) is 0 Å². The Morgan fingerprint density at radius 3 is 2.87 bits per heavy atom. The highest BCUT2D eigenvalue weighted by Gasteiger charge is 2.21. The van der Waals surface area contributed by atoms with Crippen LogP contribution < -0.4 is 5.32 Å². The molecule has 4 heteroatoms. The van der Waals surface area contributed by atoms with Gasteiger partial charge in [-0.05, 0) is 52.2 Å². The fourth-order valence-corrected chi connectivity index (χ4v) is 3.83. The number of halogens is 1. The summed E-state index contributed by atoms with van der Waals surface area (Å²) in [5.74, 6) is 0. The standard InChI is InChI=1S/C19H18BrN3/c20-16-11-22-18(15-8-2-1-7-14(15)16)12-23-17-9-3-5-13-6-4-10-21-19(13)17/h1-2,4,6-8,10-11,17,23H,3,5,9,12H2. The number of aryl methyl sites for hydroxylation is 1. The number of fused-ring (bicyclic) bond motifs is 2. The van der Waals surface area contributed by atoms with Gasteiger partial charge in [-0.15, -0.1) is 0 Å². The molecule has 3 nitrogen and oxygen atoms in total. The second-order valence-electron chi connectivity index (χ2n) is 5.97. The fraction of sp³-hybridized carbons (Fsp3) is 0.263. The second-order valence-corrected chi connectivity index (χ2v) is 6.83. The number of nitrogens with one attached hydrogen (secondary N) is 1. The van der Waals surface area contributed by atoms with Crippen LogP contribution in [0.2, 0.25) is 0 Å². The van der Waals surface area contributed by atoms with Gasteiger partial charge < -0.3 is 5.32 Å². The molecule has 0 aliphatic heterocycles.